The molecular formula is C11H10BrNO. The molecule has 0 fully saturated rings. The molecule has 0 aliphatic heterocycles. The average Bonchev–Trinajstić information content (AvgIpc) is 2.51. The van der Waals surface area contributed by atoms with Gasteiger partial charge < -0.3 is 10.2 Å². The molecule has 1 aromatic heterocycles. The summed E-state index contributed by atoms with van der Waals surface area (Å²) in [6.07, 6.45) is 0. The molecule has 0 saturated heterocycles. The maximum Gasteiger partial charge on any atom is 0.136 e. The molecule has 0 saturated carbocycles. The highest BCUT2D eigenvalue weighted by Gasteiger charge is 2.06. The van der Waals surface area contributed by atoms with E-state index in [0.717, 1.165) is 21.6 Å². The Hall–Kier alpha value is -1.22. The van der Waals surface area contributed by atoms with Gasteiger partial charge in [-0.25, -0.2) is 0 Å². The summed E-state index contributed by atoms with van der Waals surface area (Å²) < 4.78 is 6.47. The van der Waals surface area contributed by atoms with Crippen LogP contribution >= 0.6 is 15.9 Å². The zero-order valence-corrected chi connectivity index (χ0v) is 9.34. The number of anilines is 1. The SMILES string of the molecule is Cc1ccc(-c2ccc(Br)cc2N)o1. The molecule has 1 heterocycles. The van der Waals surface area contributed by atoms with Gasteiger partial charge in [-0.2, -0.15) is 0 Å². The molecule has 0 spiro atoms. The van der Waals surface area contributed by atoms with E-state index in [0.29, 0.717) is 5.69 Å². The van der Waals surface area contributed by atoms with E-state index in [1.54, 1.807) is 0 Å². The Morgan fingerprint density at radius 2 is 2.00 bits per heavy atom. The van der Waals surface area contributed by atoms with Gasteiger partial charge in [0.15, 0.2) is 0 Å². The molecule has 1 aromatic carbocycles. The minimum absolute atomic E-state index is 0.716. The first-order valence-corrected chi connectivity index (χ1v) is 5.08. The van der Waals surface area contributed by atoms with Crippen LogP contribution in [-0.2, 0) is 0 Å². The van der Waals surface area contributed by atoms with E-state index in [1.165, 1.54) is 0 Å². The first-order valence-electron chi connectivity index (χ1n) is 4.28. The Morgan fingerprint density at radius 3 is 2.57 bits per heavy atom. The normalized spacial score (nSPS) is 10.4. The molecule has 0 atom stereocenters. The van der Waals surface area contributed by atoms with E-state index in [2.05, 4.69) is 15.9 Å². The lowest BCUT2D eigenvalue weighted by Crippen LogP contribution is -1.88. The molecule has 0 bridgehead atoms. The number of hydrogen-bond acceptors (Lipinski definition) is 2. The molecule has 2 N–H and O–H groups in total. The van der Waals surface area contributed by atoms with Crippen molar-refractivity contribution in [2.75, 3.05) is 5.73 Å². The standard InChI is InChI=1S/C11H10BrNO/c1-7-2-5-11(14-7)9-4-3-8(12)6-10(9)13/h2-6H,13H2,1H3. The Balaban J connectivity index is 2.52. The van der Waals surface area contributed by atoms with Gasteiger partial charge in [-0.3, -0.25) is 0 Å². The maximum atomic E-state index is 5.87. The van der Waals surface area contributed by atoms with Crippen molar-refractivity contribution in [3.8, 4) is 11.3 Å². The van der Waals surface area contributed by atoms with E-state index < -0.39 is 0 Å². The van der Waals surface area contributed by atoms with Crippen LogP contribution in [0.5, 0.6) is 0 Å². The number of rotatable bonds is 1. The van der Waals surface area contributed by atoms with E-state index in [4.69, 9.17) is 10.2 Å². The Bertz CT molecular complexity index is 462. The summed E-state index contributed by atoms with van der Waals surface area (Å²) in [5.74, 6) is 1.70. The van der Waals surface area contributed by atoms with Crippen LogP contribution in [-0.4, -0.2) is 0 Å². The summed E-state index contributed by atoms with van der Waals surface area (Å²) in [6.45, 7) is 1.92. The fourth-order valence-corrected chi connectivity index (χ4v) is 1.72. The minimum Gasteiger partial charge on any atom is -0.461 e. The van der Waals surface area contributed by atoms with Gasteiger partial charge in [0.2, 0.25) is 0 Å². The number of hydrogen-bond donors (Lipinski definition) is 1. The summed E-state index contributed by atoms with van der Waals surface area (Å²) in [5, 5.41) is 0. The van der Waals surface area contributed by atoms with Crippen LogP contribution in [0.3, 0.4) is 0 Å². The maximum absolute atomic E-state index is 5.87. The molecule has 0 aliphatic rings. The molecule has 14 heavy (non-hydrogen) atoms. The smallest absolute Gasteiger partial charge is 0.136 e. The van der Waals surface area contributed by atoms with E-state index in [-0.39, 0.29) is 0 Å². The molecule has 2 aromatic rings. The number of nitrogens with two attached hydrogens (primary N) is 1. The lowest BCUT2D eigenvalue weighted by Gasteiger charge is -2.02. The van der Waals surface area contributed by atoms with Gasteiger partial charge >= 0.3 is 0 Å². The third kappa shape index (κ3) is 1.68. The predicted octanol–water partition coefficient (Wildman–Crippen LogP) is 3.60. The van der Waals surface area contributed by atoms with Gasteiger partial charge in [0.1, 0.15) is 11.5 Å². The molecular weight excluding hydrogens is 242 g/mol. The molecule has 2 rings (SSSR count). The van der Waals surface area contributed by atoms with Crippen LogP contribution in [0.1, 0.15) is 5.76 Å². The van der Waals surface area contributed by atoms with Crippen molar-refractivity contribution in [1.29, 1.82) is 0 Å². The largest absolute Gasteiger partial charge is 0.461 e. The first-order chi connectivity index (χ1) is 6.66. The zero-order valence-electron chi connectivity index (χ0n) is 7.75. The highest BCUT2D eigenvalue weighted by atomic mass is 79.9. The van der Waals surface area contributed by atoms with Crippen LogP contribution in [0.25, 0.3) is 11.3 Å². The lowest BCUT2D eigenvalue weighted by molar-refractivity contribution is 0.548. The van der Waals surface area contributed by atoms with Crippen LogP contribution in [0.4, 0.5) is 5.69 Å². The molecule has 0 amide bonds. The van der Waals surface area contributed by atoms with E-state index >= 15 is 0 Å². The van der Waals surface area contributed by atoms with Gasteiger partial charge in [-0.1, -0.05) is 15.9 Å². The molecule has 2 nitrogen and oxygen atoms in total. The third-order valence-corrected chi connectivity index (χ3v) is 2.51. The summed E-state index contributed by atoms with van der Waals surface area (Å²) in [6, 6.07) is 9.61. The molecule has 0 unspecified atom stereocenters. The van der Waals surface area contributed by atoms with Crippen molar-refractivity contribution in [2.24, 2.45) is 0 Å². The lowest BCUT2D eigenvalue weighted by atomic mass is 10.1. The van der Waals surface area contributed by atoms with Gasteiger partial charge in [-0.05, 0) is 37.3 Å². The number of halogens is 1. The Morgan fingerprint density at radius 1 is 1.21 bits per heavy atom. The van der Waals surface area contributed by atoms with Gasteiger partial charge in [0.05, 0.1) is 0 Å². The van der Waals surface area contributed by atoms with Crippen LogP contribution < -0.4 is 5.73 Å². The molecule has 3 heteroatoms. The third-order valence-electron chi connectivity index (χ3n) is 2.02. The summed E-state index contributed by atoms with van der Waals surface area (Å²) in [4.78, 5) is 0. The molecule has 0 radical (unpaired) electrons. The number of aryl methyl sites for hydroxylation is 1. The first kappa shape index (κ1) is 9.34. The average molecular weight is 252 g/mol. The molecule has 72 valence electrons. The second-order valence-electron chi connectivity index (χ2n) is 3.14. The van der Waals surface area contributed by atoms with Gasteiger partial charge in [0.25, 0.3) is 0 Å². The Kier molecular flexibility index (Phi) is 2.33. The van der Waals surface area contributed by atoms with Crippen molar-refractivity contribution in [1.82, 2.24) is 0 Å². The quantitative estimate of drug-likeness (QED) is 0.787. The van der Waals surface area contributed by atoms with Crippen molar-refractivity contribution in [3.05, 3.63) is 40.6 Å². The van der Waals surface area contributed by atoms with Crippen molar-refractivity contribution < 1.29 is 4.42 Å². The van der Waals surface area contributed by atoms with E-state index in [1.807, 2.05) is 37.3 Å². The highest BCUT2D eigenvalue weighted by molar-refractivity contribution is 9.10. The summed E-state index contributed by atoms with van der Waals surface area (Å²) >= 11 is 3.36. The number of benzene rings is 1. The van der Waals surface area contributed by atoms with Gasteiger partial charge in [0, 0.05) is 15.7 Å². The number of furan rings is 1. The summed E-state index contributed by atoms with van der Waals surface area (Å²) in [7, 11) is 0. The van der Waals surface area contributed by atoms with E-state index in [9.17, 15) is 0 Å². The van der Waals surface area contributed by atoms with Crippen molar-refractivity contribution in [2.45, 2.75) is 6.92 Å². The Labute approximate surface area is 90.9 Å². The van der Waals surface area contributed by atoms with Crippen molar-refractivity contribution in [3.63, 3.8) is 0 Å². The number of nitrogen functional groups attached to an aromatic ring is 1. The summed E-state index contributed by atoms with van der Waals surface area (Å²) in [5.41, 5.74) is 7.52. The van der Waals surface area contributed by atoms with Crippen LogP contribution in [0.15, 0.2) is 39.2 Å². The van der Waals surface area contributed by atoms with Crippen LogP contribution in [0.2, 0.25) is 0 Å². The fraction of sp³-hybridized carbons (Fsp3) is 0.0909. The highest BCUT2D eigenvalue weighted by Crippen LogP contribution is 2.29. The molecule has 0 aliphatic carbocycles. The monoisotopic (exact) mass is 251 g/mol. The second kappa shape index (κ2) is 3.50. The topological polar surface area (TPSA) is 39.2 Å². The second-order valence-corrected chi connectivity index (χ2v) is 4.06. The predicted molar refractivity (Wildman–Crippen MR) is 61.0 cm³/mol. The zero-order chi connectivity index (χ0) is 10.1. The van der Waals surface area contributed by atoms with Crippen LogP contribution in [0, 0.1) is 6.92 Å². The van der Waals surface area contributed by atoms with Gasteiger partial charge in [-0.15, -0.1) is 0 Å². The van der Waals surface area contributed by atoms with Crippen molar-refractivity contribution >= 4 is 21.6 Å². The minimum atomic E-state index is 0.716. The fourth-order valence-electron chi connectivity index (χ4n) is 1.34.